The van der Waals surface area contributed by atoms with Crippen LogP contribution in [0.3, 0.4) is 0 Å². The molecule has 1 heterocycles. The number of carbonyl (C=O) groups excluding carboxylic acids is 1. The van der Waals surface area contributed by atoms with Crippen molar-refractivity contribution in [3.63, 3.8) is 0 Å². The lowest BCUT2D eigenvalue weighted by Gasteiger charge is -2.15. The van der Waals surface area contributed by atoms with Gasteiger partial charge in [-0.2, -0.15) is 0 Å². The fourth-order valence-electron chi connectivity index (χ4n) is 1.63. The molecule has 0 saturated heterocycles. The second-order valence-electron chi connectivity index (χ2n) is 4.69. The van der Waals surface area contributed by atoms with E-state index in [1.807, 2.05) is 13.8 Å². The Kier molecular flexibility index (Phi) is 6.39. The summed E-state index contributed by atoms with van der Waals surface area (Å²) in [7, 11) is 0. The molecule has 0 fully saturated rings. The number of amides is 1. The van der Waals surface area contributed by atoms with Gasteiger partial charge in [0.2, 0.25) is 0 Å². The van der Waals surface area contributed by atoms with Crippen LogP contribution in [0.15, 0.2) is 30.5 Å². The predicted molar refractivity (Wildman–Crippen MR) is 78.3 cm³/mol. The summed E-state index contributed by atoms with van der Waals surface area (Å²) in [6.45, 7) is 5.45. The summed E-state index contributed by atoms with van der Waals surface area (Å²) in [5, 5.41) is 11.6. The van der Waals surface area contributed by atoms with Gasteiger partial charge in [-0.05, 0) is 39.3 Å². The minimum absolute atomic E-state index is 0.0814. The first-order chi connectivity index (χ1) is 9.95. The standard InChI is InChI=1S/C15H20N2O4/c1-4-5-7-11(15(19)20)17-14(18)13-12(21-10(2)3)8-6-9-16-13/h4-6,8-11H,7H2,1-3H3,(H,17,18)(H,19,20)/b5-4+. The molecule has 21 heavy (non-hydrogen) atoms. The number of carboxylic acid groups (broad SMARTS) is 1. The van der Waals surface area contributed by atoms with E-state index < -0.39 is 17.9 Å². The monoisotopic (exact) mass is 292 g/mol. The predicted octanol–water partition coefficient (Wildman–Crippen LogP) is 2.02. The molecule has 0 radical (unpaired) electrons. The molecule has 1 aromatic rings. The van der Waals surface area contributed by atoms with Crippen molar-refractivity contribution < 1.29 is 19.4 Å². The Morgan fingerprint density at radius 2 is 2.19 bits per heavy atom. The van der Waals surface area contributed by atoms with Crippen LogP contribution in [0.1, 0.15) is 37.7 Å². The number of rotatable bonds is 7. The minimum Gasteiger partial charge on any atom is -0.489 e. The van der Waals surface area contributed by atoms with Gasteiger partial charge in [0.05, 0.1) is 6.10 Å². The number of hydrogen-bond acceptors (Lipinski definition) is 4. The van der Waals surface area contributed by atoms with Crippen molar-refractivity contribution in [2.45, 2.75) is 39.3 Å². The number of hydrogen-bond donors (Lipinski definition) is 2. The second kappa shape index (κ2) is 8.04. The highest BCUT2D eigenvalue weighted by Crippen LogP contribution is 2.17. The number of nitrogens with one attached hydrogen (secondary N) is 1. The quantitative estimate of drug-likeness (QED) is 0.751. The van der Waals surface area contributed by atoms with E-state index in [4.69, 9.17) is 9.84 Å². The Bertz CT molecular complexity index is 526. The molecule has 0 spiro atoms. The van der Waals surface area contributed by atoms with Gasteiger partial charge in [0.25, 0.3) is 5.91 Å². The van der Waals surface area contributed by atoms with Crippen LogP contribution in [-0.4, -0.2) is 34.1 Å². The maximum atomic E-state index is 12.2. The first kappa shape index (κ1) is 16.7. The average Bonchev–Trinajstić information content (AvgIpc) is 2.42. The Labute approximate surface area is 123 Å². The number of carbonyl (C=O) groups is 2. The number of carboxylic acids is 1. The molecule has 1 amide bonds. The number of ether oxygens (including phenoxy) is 1. The van der Waals surface area contributed by atoms with Gasteiger partial charge in [-0.15, -0.1) is 0 Å². The first-order valence-electron chi connectivity index (χ1n) is 6.72. The number of aromatic nitrogens is 1. The van der Waals surface area contributed by atoms with Gasteiger partial charge in [-0.3, -0.25) is 4.79 Å². The van der Waals surface area contributed by atoms with E-state index >= 15 is 0 Å². The third-order valence-electron chi connectivity index (χ3n) is 2.56. The topological polar surface area (TPSA) is 88.5 Å². The van der Waals surface area contributed by atoms with Crippen molar-refractivity contribution in [2.75, 3.05) is 0 Å². The molecule has 6 nitrogen and oxygen atoms in total. The molecule has 0 aliphatic heterocycles. The van der Waals surface area contributed by atoms with Crippen LogP contribution in [0, 0.1) is 0 Å². The van der Waals surface area contributed by atoms with Crippen molar-refractivity contribution in [3.8, 4) is 5.75 Å². The second-order valence-corrected chi connectivity index (χ2v) is 4.69. The van der Waals surface area contributed by atoms with Gasteiger partial charge in [0.1, 0.15) is 6.04 Å². The third kappa shape index (κ3) is 5.25. The zero-order valence-corrected chi connectivity index (χ0v) is 12.4. The van der Waals surface area contributed by atoms with Crippen LogP contribution in [0.4, 0.5) is 0 Å². The Balaban J connectivity index is 2.89. The SMILES string of the molecule is C/C=C/CC(NC(=O)c1ncccc1OC(C)C)C(=O)O. The van der Waals surface area contributed by atoms with Crippen LogP contribution in [-0.2, 0) is 4.79 Å². The van der Waals surface area contributed by atoms with E-state index in [0.717, 1.165) is 0 Å². The molecule has 6 heteroatoms. The summed E-state index contributed by atoms with van der Waals surface area (Å²) in [4.78, 5) is 27.3. The molecule has 1 unspecified atom stereocenters. The summed E-state index contributed by atoms with van der Waals surface area (Å²) < 4.78 is 5.50. The first-order valence-corrected chi connectivity index (χ1v) is 6.72. The minimum atomic E-state index is -1.09. The van der Waals surface area contributed by atoms with Crippen LogP contribution in [0.25, 0.3) is 0 Å². The zero-order valence-electron chi connectivity index (χ0n) is 12.4. The highest BCUT2D eigenvalue weighted by Gasteiger charge is 2.22. The van der Waals surface area contributed by atoms with E-state index in [2.05, 4.69) is 10.3 Å². The molecular formula is C15H20N2O4. The highest BCUT2D eigenvalue weighted by molar-refractivity contribution is 5.97. The van der Waals surface area contributed by atoms with E-state index in [0.29, 0.717) is 5.75 Å². The molecule has 1 rings (SSSR count). The van der Waals surface area contributed by atoms with Crippen molar-refractivity contribution in [2.24, 2.45) is 0 Å². The van der Waals surface area contributed by atoms with E-state index in [9.17, 15) is 9.59 Å². The highest BCUT2D eigenvalue weighted by atomic mass is 16.5. The maximum Gasteiger partial charge on any atom is 0.326 e. The summed E-state index contributed by atoms with van der Waals surface area (Å²) in [5.41, 5.74) is 0.0814. The van der Waals surface area contributed by atoms with Gasteiger partial charge in [0.15, 0.2) is 11.4 Å². The van der Waals surface area contributed by atoms with Crippen LogP contribution >= 0.6 is 0 Å². The molecule has 0 saturated carbocycles. The van der Waals surface area contributed by atoms with E-state index in [1.54, 1.807) is 31.2 Å². The van der Waals surface area contributed by atoms with Gasteiger partial charge in [-0.25, -0.2) is 9.78 Å². The number of nitrogens with zero attached hydrogens (tertiary/aromatic N) is 1. The lowest BCUT2D eigenvalue weighted by molar-refractivity contribution is -0.139. The Morgan fingerprint density at radius 1 is 1.48 bits per heavy atom. The Morgan fingerprint density at radius 3 is 2.76 bits per heavy atom. The van der Waals surface area contributed by atoms with Crippen LogP contribution in [0.5, 0.6) is 5.75 Å². The molecule has 0 aliphatic rings. The molecule has 114 valence electrons. The Hall–Kier alpha value is -2.37. The third-order valence-corrected chi connectivity index (χ3v) is 2.56. The summed E-state index contributed by atoms with van der Waals surface area (Å²) >= 11 is 0. The number of pyridine rings is 1. The molecule has 0 bridgehead atoms. The maximum absolute atomic E-state index is 12.2. The lowest BCUT2D eigenvalue weighted by Crippen LogP contribution is -2.41. The smallest absolute Gasteiger partial charge is 0.326 e. The van der Waals surface area contributed by atoms with Crippen molar-refractivity contribution in [3.05, 3.63) is 36.2 Å². The van der Waals surface area contributed by atoms with Crippen molar-refractivity contribution in [1.29, 1.82) is 0 Å². The number of aliphatic carboxylic acids is 1. The van der Waals surface area contributed by atoms with Crippen LogP contribution in [0.2, 0.25) is 0 Å². The lowest BCUT2D eigenvalue weighted by atomic mass is 10.2. The van der Waals surface area contributed by atoms with Crippen molar-refractivity contribution >= 4 is 11.9 Å². The van der Waals surface area contributed by atoms with Crippen molar-refractivity contribution in [1.82, 2.24) is 10.3 Å². The molecule has 1 atom stereocenters. The average molecular weight is 292 g/mol. The van der Waals surface area contributed by atoms with E-state index in [1.165, 1.54) is 6.20 Å². The summed E-state index contributed by atoms with van der Waals surface area (Å²) in [6, 6.07) is 2.29. The van der Waals surface area contributed by atoms with Gasteiger partial charge < -0.3 is 15.2 Å². The normalized spacial score (nSPS) is 12.4. The fourth-order valence-corrected chi connectivity index (χ4v) is 1.63. The van der Waals surface area contributed by atoms with E-state index in [-0.39, 0.29) is 18.2 Å². The summed E-state index contributed by atoms with van der Waals surface area (Å²) in [5.74, 6) is -1.33. The van der Waals surface area contributed by atoms with Crippen LogP contribution < -0.4 is 10.1 Å². The van der Waals surface area contributed by atoms with Gasteiger partial charge in [-0.1, -0.05) is 12.2 Å². The molecule has 0 aromatic carbocycles. The largest absolute Gasteiger partial charge is 0.489 e. The summed E-state index contributed by atoms with van der Waals surface area (Å²) in [6.07, 6.45) is 4.98. The molecule has 1 aromatic heterocycles. The van der Waals surface area contributed by atoms with Gasteiger partial charge in [0, 0.05) is 6.20 Å². The molecular weight excluding hydrogens is 272 g/mol. The fraction of sp³-hybridized carbons (Fsp3) is 0.400. The molecule has 0 aliphatic carbocycles. The zero-order chi connectivity index (χ0) is 15.8. The van der Waals surface area contributed by atoms with Gasteiger partial charge >= 0.3 is 5.97 Å². The molecule has 2 N–H and O–H groups in total. The number of allylic oxidation sites excluding steroid dienone is 1.